The van der Waals surface area contributed by atoms with Crippen molar-refractivity contribution in [3.05, 3.63) is 108 Å². The van der Waals surface area contributed by atoms with E-state index in [1.165, 1.54) is 18.2 Å². The molecule has 28 heavy (non-hydrogen) atoms. The van der Waals surface area contributed by atoms with Gasteiger partial charge in [0.2, 0.25) is 0 Å². The molecule has 0 saturated carbocycles. The zero-order valence-electron chi connectivity index (χ0n) is 15.5. The lowest BCUT2D eigenvalue weighted by Crippen LogP contribution is -2.03. The molecule has 0 fully saturated rings. The molecule has 140 valence electrons. The van der Waals surface area contributed by atoms with Crippen molar-refractivity contribution in [2.24, 2.45) is 0 Å². The smallest absolute Gasteiger partial charge is 0.123 e. The lowest BCUT2D eigenvalue weighted by atomic mass is 9.93. The van der Waals surface area contributed by atoms with Gasteiger partial charge in [-0.3, -0.25) is 0 Å². The molecule has 0 N–H and O–H groups in total. The quantitative estimate of drug-likeness (QED) is 0.397. The van der Waals surface area contributed by atoms with Gasteiger partial charge in [-0.1, -0.05) is 37.3 Å². The van der Waals surface area contributed by atoms with Crippen molar-refractivity contribution in [3.63, 3.8) is 0 Å². The standard InChI is InChI=1S/C24H20F2N2/c1-2-22(18-7-6-8-20(26)15-18)23-16-24(17-11-13-19(25)14-12-17)28(27-23)21-9-4-3-5-10-21/h3-16,22H,2H2,1H3. The van der Waals surface area contributed by atoms with Gasteiger partial charge < -0.3 is 0 Å². The first-order valence-electron chi connectivity index (χ1n) is 9.32. The predicted octanol–water partition coefficient (Wildman–Crippen LogP) is 6.36. The summed E-state index contributed by atoms with van der Waals surface area (Å²) in [5.41, 5.74) is 4.42. The van der Waals surface area contributed by atoms with Crippen molar-refractivity contribution >= 4 is 0 Å². The topological polar surface area (TPSA) is 17.8 Å². The molecule has 4 rings (SSSR count). The molecule has 0 radical (unpaired) electrons. The molecule has 4 aromatic rings. The molecular formula is C24H20F2N2. The van der Waals surface area contributed by atoms with Gasteiger partial charge in [-0.15, -0.1) is 0 Å². The van der Waals surface area contributed by atoms with Crippen LogP contribution in [0.1, 0.15) is 30.5 Å². The van der Waals surface area contributed by atoms with Gasteiger partial charge in [0, 0.05) is 11.5 Å². The van der Waals surface area contributed by atoms with Crippen LogP contribution in [-0.2, 0) is 0 Å². The van der Waals surface area contributed by atoms with Crippen LogP contribution in [-0.4, -0.2) is 9.78 Å². The Morgan fingerprint density at radius 2 is 1.57 bits per heavy atom. The van der Waals surface area contributed by atoms with Crippen LogP contribution in [0.25, 0.3) is 16.9 Å². The van der Waals surface area contributed by atoms with Crippen LogP contribution in [0.3, 0.4) is 0 Å². The molecule has 0 bridgehead atoms. The normalized spacial score (nSPS) is 12.1. The van der Waals surface area contributed by atoms with E-state index >= 15 is 0 Å². The van der Waals surface area contributed by atoms with Crippen LogP contribution in [0.15, 0.2) is 84.9 Å². The van der Waals surface area contributed by atoms with Gasteiger partial charge in [-0.05, 0) is 66.6 Å². The fourth-order valence-corrected chi connectivity index (χ4v) is 3.50. The first-order valence-corrected chi connectivity index (χ1v) is 9.32. The average Bonchev–Trinajstić information content (AvgIpc) is 3.15. The van der Waals surface area contributed by atoms with Gasteiger partial charge in [-0.25, -0.2) is 13.5 Å². The van der Waals surface area contributed by atoms with Gasteiger partial charge in [0.25, 0.3) is 0 Å². The number of rotatable bonds is 5. The molecule has 0 amide bonds. The number of nitrogens with zero attached hydrogens (tertiary/aromatic N) is 2. The largest absolute Gasteiger partial charge is 0.233 e. The Hall–Kier alpha value is -3.27. The molecule has 0 aliphatic heterocycles. The first kappa shape index (κ1) is 18.1. The van der Waals surface area contributed by atoms with Crippen molar-refractivity contribution in [2.45, 2.75) is 19.3 Å². The summed E-state index contributed by atoms with van der Waals surface area (Å²) in [7, 11) is 0. The zero-order chi connectivity index (χ0) is 19.5. The van der Waals surface area contributed by atoms with Crippen LogP contribution in [0.5, 0.6) is 0 Å². The minimum atomic E-state index is -0.277. The van der Waals surface area contributed by atoms with Gasteiger partial charge in [0.1, 0.15) is 11.6 Å². The van der Waals surface area contributed by atoms with E-state index in [-0.39, 0.29) is 17.6 Å². The summed E-state index contributed by atoms with van der Waals surface area (Å²) < 4.78 is 29.1. The maximum Gasteiger partial charge on any atom is 0.123 e. The third kappa shape index (κ3) is 3.58. The lowest BCUT2D eigenvalue weighted by molar-refractivity contribution is 0.620. The Bertz CT molecular complexity index is 1070. The second-order valence-corrected chi connectivity index (χ2v) is 6.72. The van der Waals surface area contributed by atoms with Crippen LogP contribution in [0, 0.1) is 11.6 Å². The first-order chi connectivity index (χ1) is 13.7. The summed E-state index contributed by atoms with van der Waals surface area (Å²) in [6.07, 6.45) is 0.790. The molecule has 0 spiro atoms. The van der Waals surface area contributed by atoms with E-state index in [9.17, 15) is 8.78 Å². The highest BCUT2D eigenvalue weighted by molar-refractivity contribution is 5.63. The maximum atomic E-state index is 13.8. The summed E-state index contributed by atoms with van der Waals surface area (Å²) >= 11 is 0. The van der Waals surface area contributed by atoms with Crippen LogP contribution < -0.4 is 0 Å². The van der Waals surface area contributed by atoms with Crippen molar-refractivity contribution in [1.82, 2.24) is 9.78 Å². The second kappa shape index (κ2) is 7.77. The number of hydrogen-bond acceptors (Lipinski definition) is 1. The van der Waals surface area contributed by atoms with Gasteiger partial charge in [0.05, 0.1) is 17.1 Å². The Kier molecular flexibility index (Phi) is 5.02. The number of benzene rings is 3. The highest BCUT2D eigenvalue weighted by Crippen LogP contribution is 2.32. The average molecular weight is 374 g/mol. The minimum Gasteiger partial charge on any atom is -0.233 e. The third-order valence-corrected chi connectivity index (χ3v) is 4.89. The predicted molar refractivity (Wildman–Crippen MR) is 107 cm³/mol. The lowest BCUT2D eigenvalue weighted by Gasteiger charge is -2.12. The molecule has 0 aliphatic carbocycles. The summed E-state index contributed by atoms with van der Waals surface area (Å²) in [5.74, 6) is -0.557. The molecule has 1 heterocycles. The van der Waals surface area contributed by atoms with Crippen molar-refractivity contribution in [2.75, 3.05) is 0 Å². The Balaban J connectivity index is 1.86. The summed E-state index contributed by atoms with van der Waals surface area (Å²) in [6.45, 7) is 2.06. The molecule has 4 heteroatoms. The van der Waals surface area contributed by atoms with E-state index in [0.29, 0.717) is 0 Å². The van der Waals surface area contributed by atoms with Gasteiger partial charge in [-0.2, -0.15) is 5.10 Å². The maximum absolute atomic E-state index is 13.8. The molecule has 1 unspecified atom stereocenters. The number of hydrogen-bond donors (Lipinski definition) is 0. The van der Waals surface area contributed by atoms with Crippen molar-refractivity contribution in [1.29, 1.82) is 0 Å². The highest BCUT2D eigenvalue weighted by atomic mass is 19.1. The zero-order valence-corrected chi connectivity index (χ0v) is 15.5. The minimum absolute atomic E-state index is 0.0279. The number of aromatic nitrogens is 2. The summed E-state index contributed by atoms with van der Waals surface area (Å²) in [5, 5.41) is 4.86. The molecular weight excluding hydrogens is 354 g/mol. The fourth-order valence-electron chi connectivity index (χ4n) is 3.50. The van der Waals surface area contributed by atoms with Crippen molar-refractivity contribution < 1.29 is 8.78 Å². The summed E-state index contributed by atoms with van der Waals surface area (Å²) in [6, 6.07) is 24.9. The monoisotopic (exact) mass is 374 g/mol. The number of para-hydroxylation sites is 1. The van der Waals surface area contributed by atoms with Crippen molar-refractivity contribution in [3.8, 4) is 16.9 Å². The van der Waals surface area contributed by atoms with Crippen LogP contribution >= 0.6 is 0 Å². The van der Waals surface area contributed by atoms with E-state index in [4.69, 9.17) is 5.10 Å². The molecule has 3 aromatic carbocycles. The third-order valence-electron chi connectivity index (χ3n) is 4.89. The molecule has 0 aliphatic rings. The Labute approximate surface area is 163 Å². The van der Waals surface area contributed by atoms with Gasteiger partial charge >= 0.3 is 0 Å². The fraction of sp³-hybridized carbons (Fsp3) is 0.125. The van der Waals surface area contributed by atoms with E-state index in [1.807, 2.05) is 47.1 Å². The molecule has 0 saturated heterocycles. The Morgan fingerprint density at radius 3 is 2.25 bits per heavy atom. The SMILES string of the molecule is CCC(c1cccc(F)c1)c1cc(-c2ccc(F)cc2)n(-c2ccccc2)n1. The van der Waals surface area contributed by atoms with E-state index in [0.717, 1.165) is 34.6 Å². The summed E-state index contributed by atoms with van der Waals surface area (Å²) in [4.78, 5) is 0. The second-order valence-electron chi connectivity index (χ2n) is 6.72. The van der Waals surface area contributed by atoms with Crippen LogP contribution in [0.2, 0.25) is 0 Å². The van der Waals surface area contributed by atoms with E-state index in [2.05, 4.69) is 6.92 Å². The van der Waals surface area contributed by atoms with Crippen LogP contribution in [0.4, 0.5) is 8.78 Å². The molecule has 2 nitrogen and oxygen atoms in total. The Morgan fingerprint density at radius 1 is 0.821 bits per heavy atom. The van der Waals surface area contributed by atoms with Gasteiger partial charge in [0.15, 0.2) is 0 Å². The van der Waals surface area contributed by atoms with E-state index < -0.39 is 0 Å². The van der Waals surface area contributed by atoms with E-state index in [1.54, 1.807) is 24.3 Å². The molecule has 1 aromatic heterocycles. The highest BCUT2D eigenvalue weighted by Gasteiger charge is 2.20. The molecule has 1 atom stereocenters. The number of halogens is 2.